The third-order valence-electron chi connectivity index (χ3n) is 4.65. The average Bonchev–Trinajstić information content (AvgIpc) is 3.11. The van der Waals surface area contributed by atoms with Crippen molar-refractivity contribution < 1.29 is 33.0 Å². The molecular formula is C21H27NO7. The lowest BCUT2D eigenvalue weighted by atomic mass is 9.99. The van der Waals surface area contributed by atoms with E-state index < -0.39 is 30.5 Å². The molecule has 0 saturated carbocycles. The zero-order valence-electron chi connectivity index (χ0n) is 17.2. The molecule has 0 aliphatic rings. The predicted octanol–water partition coefficient (Wildman–Crippen LogP) is 2.83. The van der Waals surface area contributed by atoms with E-state index in [1.54, 1.807) is 12.1 Å². The summed E-state index contributed by atoms with van der Waals surface area (Å²) in [5.41, 5.74) is 1.10. The van der Waals surface area contributed by atoms with Gasteiger partial charge < -0.3 is 23.9 Å². The molecule has 158 valence electrons. The summed E-state index contributed by atoms with van der Waals surface area (Å²) < 4.78 is 20.9. The maximum atomic E-state index is 12.5. The third kappa shape index (κ3) is 5.57. The van der Waals surface area contributed by atoms with Gasteiger partial charge in [0.25, 0.3) is 5.91 Å². The van der Waals surface area contributed by atoms with Gasteiger partial charge in [0, 0.05) is 17.6 Å². The fraction of sp³-hybridized carbons (Fsp3) is 0.476. The van der Waals surface area contributed by atoms with Crippen molar-refractivity contribution in [3.05, 3.63) is 35.6 Å². The Morgan fingerprint density at radius 3 is 2.55 bits per heavy atom. The zero-order valence-corrected chi connectivity index (χ0v) is 17.2. The summed E-state index contributed by atoms with van der Waals surface area (Å²) in [4.78, 5) is 36.6. The SMILES string of the molecule is CCOCc1c(C(=O)OCC(=O)N[C@H](C(=O)OC)[C@@H](C)CC)oc2ccccc12. The number of nitrogens with one attached hydrogen (secondary N) is 1. The fourth-order valence-corrected chi connectivity index (χ4v) is 2.82. The first-order chi connectivity index (χ1) is 13.9. The van der Waals surface area contributed by atoms with Gasteiger partial charge >= 0.3 is 11.9 Å². The molecule has 1 N–H and O–H groups in total. The second-order valence-electron chi connectivity index (χ2n) is 6.57. The number of benzene rings is 1. The first-order valence-electron chi connectivity index (χ1n) is 9.55. The molecule has 0 unspecified atom stereocenters. The summed E-state index contributed by atoms with van der Waals surface area (Å²) in [6.45, 7) is 5.67. The maximum absolute atomic E-state index is 12.5. The van der Waals surface area contributed by atoms with E-state index in [1.165, 1.54) is 7.11 Å². The Kier molecular flexibility index (Phi) is 8.21. The predicted molar refractivity (Wildman–Crippen MR) is 105 cm³/mol. The lowest BCUT2D eigenvalue weighted by Crippen LogP contribution is -2.47. The minimum atomic E-state index is -0.809. The minimum absolute atomic E-state index is 0.00102. The van der Waals surface area contributed by atoms with Crippen molar-refractivity contribution >= 4 is 28.8 Å². The number of hydrogen-bond donors (Lipinski definition) is 1. The highest BCUT2D eigenvalue weighted by molar-refractivity contribution is 5.97. The second kappa shape index (κ2) is 10.6. The number of rotatable bonds is 10. The van der Waals surface area contributed by atoms with Gasteiger partial charge in [-0.1, -0.05) is 38.5 Å². The molecule has 1 aromatic carbocycles. The van der Waals surface area contributed by atoms with Crippen molar-refractivity contribution in [2.75, 3.05) is 20.3 Å². The van der Waals surface area contributed by atoms with Crippen LogP contribution in [0, 0.1) is 5.92 Å². The van der Waals surface area contributed by atoms with Crippen molar-refractivity contribution in [3.8, 4) is 0 Å². The van der Waals surface area contributed by atoms with Gasteiger partial charge in [0.2, 0.25) is 5.76 Å². The van der Waals surface area contributed by atoms with Gasteiger partial charge in [-0.2, -0.15) is 0 Å². The zero-order chi connectivity index (χ0) is 21.4. The number of fused-ring (bicyclic) bond motifs is 1. The Morgan fingerprint density at radius 1 is 1.17 bits per heavy atom. The maximum Gasteiger partial charge on any atom is 0.375 e. The molecule has 0 aliphatic carbocycles. The molecule has 0 radical (unpaired) electrons. The molecule has 2 aromatic rings. The summed E-state index contributed by atoms with van der Waals surface area (Å²) in [5, 5.41) is 3.30. The van der Waals surface area contributed by atoms with Gasteiger partial charge in [0.1, 0.15) is 11.6 Å². The topological polar surface area (TPSA) is 104 Å². The van der Waals surface area contributed by atoms with Crippen molar-refractivity contribution in [3.63, 3.8) is 0 Å². The number of methoxy groups -OCH3 is 1. The number of amides is 1. The van der Waals surface area contributed by atoms with Gasteiger partial charge in [-0.25, -0.2) is 9.59 Å². The quantitative estimate of drug-likeness (QED) is 0.606. The molecule has 1 heterocycles. The number of esters is 2. The third-order valence-corrected chi connectivity index (χ3v) is 4.65. The molecule has 0 aliphatic heterocycles. The lowest BCUT2D eigenvalue weighted by Gasteiger charge is -2.21. The van der Waals surface area contributed by atoms with Crippen molar-refractivity contribution in [1.82, 2.24) is 5.32 Å². The van der Waals surface area contributed by atoms with E-state index in [0.29, 0.717) is 24.2 Å². The van der Waals surface area contributed by atoms with E-state index in [9.17, 15) is 14.4 Å². The molecule has 1 aromatic heterocycles. The average molecular weight is 405 g/mol. The van der Waals surface area contributed by atoms with E-state index in [4.69, 9.17) is 18.6 Å². The van der Waals surface area contributed by atoms with E-state index in [2.05, 4.69) is 5.32 Å². The fourth-order valence-electron chi connectivity index (χ4n) is 2.82. The van der Waals surface area contributed by atoms with Crippen molar-refractivity contribution in [2.45, 2.75) is 39.8 Å². The Hall–Kier alpha value is -2.87. The van der Waals surface area contributed by atoms with Crippen LogP contribution >= 0.6 is 0 Å². The number of ether oxygens (including phenoxy) is 3. The van der Waals surface area contributed by atoms with Crippen LogP contribution in [0.3, 0.4) is 0 Å². The summed E-state index contributed by atoms with van der Waals surface area (Å²) in [6.07, 6.45) is 0.666. The number of hydrogen-bond acceptors (Lipinski definition) is 7. The van der Waals surface area contributed by atoms with Crippen molar-refractivity contribution in [1.29, 1.82) is 0 Å². The minimum Gasteiger partial charge on any atom is -0.467 e. The van der Waals surface area contributed by atoms with Gasteiger partial charge in [0.05, 0.1) is 13.7 Å². The molecule has 2 rings (SSSR count). The van der Waals surface area contributed by atoms with Crippen LogP contribution < -0.4 is 5.32 Å². The van der Waals surface area contributed by atoms with Crippen LogP contribution in [-0.2, 0) is 30.4 Å². The molecule has 8 heteroatoms. The summed E-state index contributed by atoms with van der Waals surface area (Å²) in [6, 6.07) is 6.37. The lowest BCUT2D eigenvalue weighted by molar-refractivity contribution is -0.147. The van der Waals surface area contributed by atoms with E-state index in [1.807, 2.05) is 32.9 Å². The van der Waals surface area contributed by atoms with Crippen LogP contribution in [0.25, 0.3) is 11.0 Å². The Balaban J connectivity index is 2.08. The van der Waals surface area contributed by atoms with Crippen LogP contribution in [0.15, 0.2) is 28.7 Å². The van der Waals surface area contributed by atoms with Gasteiger partial charge in [-0.15, -0.1) is 0 Å². The number of carbonyl (C=O) groups excluding carboxylic acids is 3. The number of carbonyl (C=O) groups is 3. The highest BCUT2D eigenvalue weighted by Gasteiger charge is 2.28. The van der Waals surface area contributed by atoms with E-state index in [-0.39, 0.29) is 18.3 Å². The molecular weight excluding hydrogens is 378 g/mol. The largest absolute Gasteiger partial charge is 0.467 e. The molecule has 2 atom stereocenters. The Morgan fingerprint density at radius 2 is 1.90 bits per heavy atom. The number of para-hydroxylation sites is 1. The molecule has 0 bridgehead atoms. The molecule has 0 spiro atoms. The van der Waals surface area contributed by atoms with Crippen LogP contribution in [0.1, 0.15) is 43.3 Å². The monoisotopic (exact) mass is 405 g/mol. The normalized spacial score (nSPS) is 13.0. The highest BCUT2D eigenvalue weighted by atomic mass is 16.6. The van der Waals surface area contributed by atoms with Crippen LogP contribution in [0.2, 0.25) is 0 Å². The molecule has 0 fully saturated rings. The van der Waals surface area contributed by atoms with Gasteiger partial charge in [-0.3, -0.25) is 4.79 Å². The van der Waals surface area contributed by atoms with Gasteiger partial charge in [-0.05, 0) is 18.9 Å². The highest BCUT2D eigenvalue weighted by Crippen LogP contribution is 2.27. The first-order valence-corrected chi connectivity index (χ1v) is 9.55. The molecule has 0 saturated heterocycles. The smallest absolute Gasteiger partial charge is 0.375 e. The summed E-state index contributed by atoms with van der Waals surface area (Å²) in [7, 11) is 1.26. The standard InChI is InChI=1S/C21H27NO7/c1-5-13(3)18(20(24)26-4)22-17(23)12-28-21(25)19-15(11-27-6-2)14-9-7-8-10-16(14)29-19/h7-10,13,18H,5-6,11-12H2,1-4H3,(H,22,23)/t13-,18-/m0/s1. The molecule has 29 heavy (non-hydrogen) atoms. The molecule has 1 amide bonds. The van der Waals surface area contributed by atoms with Crippen LogP contribution in [-0.4, -0.2) is 44.2 Å². The van der Waals surface area contributed by atoms with E-state index >= 15 is 0 Å². The van der Waals surface area contributed by atoms with Crippen LogP contribution in [0.5, 0.6) is 0 Å². The molecule has 8 nitrogen and oxygen atoms in total. The second-order valence-corrected chi connectivity index (χ2v) is 6.57. The Bertz CT molecular complexity index is 858. The van der Waals surface area contributed by atoms with Crippen molar-refractivity contribution in [2.24, 2.45) is 5.92 Å². The summed E-state index contributed by atoms with van der Waals surface area (Å²) >= 11 is 0. The van der Waals surface area contributed by atoms with Gasteiger partial charge in [0.15, 0.2) is 6.61 Å². The Labute approximate surface area is 169 Å². The number of furan rings is 1. The van der Waals surface area contributed by atoms with E-state index in [0.717, 1.165) is 5.39 Å². The first kappa shape index (κ1) is 22.4. The summed E-state index contributed by atoms with van der Waals surface area (Å²) in [5.74, 6) is -2.05. The van der Waals surface area contributed by atoms with Crippen LogP contribution in [0.4, 0.5) is 0 Å².